The third kappa shape index (κ3) is 6.97. The number of hydrogen-bond acceptors (Lipinski definition) is 5. The molecule has 0 bridgehead atoms. The fourth-order valence-electron chi connectivity index (χ4n) is 6.75. The number of fused-ring (bicyclic) bond motifs is 1. The summed E-state index contributed by atoms with van der Waals surface area (Å²) in [5.41, 5.74) is 14.1. The van der Waals surface area contributed by atoms with Gasteiger partial charge in [0, 0.05) is 61.6 Å². The number of piperazine rings is 1. The molecule has 0 radical (unpaired) electrons. The first-order chi connectivity index (χ1) is 19.9. The number of hydrogen-bond donors (Lipinski definition) is 1. The van der Waals surface area contributed by atoms with Crippen LogP contribution in [0.5, 0.6) is 0 Å². The molecule has 2 aromatic rings. The van der Waals surface area contributed by atoms with Crippen LogP contribution in [0.25, 0.3) is 0 Å². The smallest absolute Gasteiger partial charge is 0.108 e. The molecule has 2 aromatic carbocycles. The molecule has 0 aromatic heterocycles. The van der Waals surface area contributed by atoms with Crippen molar-refractivity contribution in [1.29, 1.82) is 0 Å². The Kier molecular flexibility index (Phi) is 9.69. The van der Waals surface area contributed by atoms with Gasteiger partial charge in [0.05, 0.1) is 0 Å². The molecule has 0 amide bonds. The van der Waals surface area contributed by atoms with Gasteiger partial charge in [-0.05, 0) is 63.3 Å². The van der Waals surface area contributed by atoms with Gasteiger partial charge in [-0.2, -0.15) is 0 Å². The highest BCUT2D eigenvalue weighted by atomic mass is 16.5. The minimum absolute atomic E-state index is 0.00877. The van der Waals surface area contributed by atoms with E-state index in [0.717, 1.165) is 69.4 Å². The molecule has 1 fully saturated rings. The Morgan fingerprint density at radius 2 is 1.39 bits per heavy atom. The van der Waals surface area contributed by atoms with Gasteiger partial charge in [-0.15, -0.1) is 0 Å². The molecule has 220 valence electrons. The standard InChI is InChI=1S/C36H49N3O2/c1-27-28(2)41-29(3)32-25-36(4,35(37)33(27)32)26-39-22-20-38(21-23-39)19-13-5-6-14-24-40-34(30-15-9-7-10-16-30)31-17-11-8-12-18-31/h7-12,15-18,34H,5-6,13-14,19-26,37H2,1-4H3. The van der Waals surface area contributed by atoms with Crippen molar-refractivity contribution in [3.63, 3.8) is 0 Å². The molecular weight excluding hydrogens is 506 g/mol. The van der Waals surface area contributed by atoms with Crippen LogP contribution in [0, 0.1) is 5.41 Å². The first-order valence-corrected chi connectivity index (χ1v) is 15.6. The van der Waals surface area contributed by atoms with Crippen molar-refractivity contribution in [2.24, 2.45) is 11.1 Å². The Balaban J connectivity index is 1.00. The van der Waals surface area contributed by atoms with E-state index in [0.29, 0.717) is 0 Å². The Hall–Kier alpha value is -2.86. The van der Waals surface area contributed by atoms with Gasteiger partial charge in [0.15, 0.2) is 0 Å². The third-order valence-corrected chi connectivity index (χ3v) is 9.32. The fourth-order valence-corrected chi connectivity index (χ4v) is 6.75. The van der Waals surface area contributed by atoms with Crippen molar-refractivity contribution >= 4 is 0 Å². The summed E-state index contributed by atoms with van der Waals surface area (Å²) in [5, 5.41) is 0. The number of nitrogens with zero attached hydrogens (tertiary/aromatic N) is 2. The molecule has 5 rings (SSSR count). The van der Waals surface area contributed by atoms with Gasteiger partial charge in [-0.1, -0.05) is 80.4 Å². The predicted octanol–water partition coefficient (Wildman–Crippen LogP) is 7.19. The van der Waals surface area contributed by atoms with E-state index in [1.807, 2.05) is 6.92 Å². The molecule has 0 saturated carbocycles. The zero-order chi connectivity index (χ0) is 28.8. The number of allylic oxidation sites excluding steroid dienone is 5. The Bertz CT molecular complexity index is 1220. The maximum Gasteiger partial charge on any atom is 0.108 e. The van der Waals surface area contributed by atoms with Crippen LogP contribution in [0.4, 0.5) is 0 Å². The van der Waals surface area contributed by atoms with Gasteiger partial charge in [-0.25, -0.2) is 0 Å². The van der Waals surface area contributed by atoms with Crippen molar-refractivity contribution in [3.05, 3.63) is 106 Å². The van der Waals surface area contributed by atoms with E-state index in [9.17, 15) is 0 Å². The van der Waals surface area contributed by atoms with Gasteiger partial charge in [0.25, 0.3) is 0 Å². The van der Waals surface area contributed by atoms with Gasteiger partial charge >= 0.3 is 0 Å². The SMILES string of the molecule is CC1=C(C)C2=C(N)C(C)(CN3CCN(CCCCCCOC(c4ccccc4)c4ccccc4)CC3)CC2=C(C)O1. The summed E-state index contributed by atoms with van der Waals surface area (Å²) < 4.78 is 12.4. The predicted molar refractivity (Wildman–Crippen MR) is 168 cm³/mol. The zero-order valence-electron chi connectivity index (χ0n) is 25.6. The first-order valence-electron chi connectivity index (χ1n) is 15.6. The monoisotopic (exact) mass is 555 g/mol. The van der Waals surface area contributed by atoms with Crippen molar-refractivity contribution in [2.45, 2.75) is 65.9 Å². The topological polar surface area (TPSA) is 51.0 Å². The van der Waals surface area contributed by atoms with E-state index in [1.165, 1.54) is 53.7 Å². The summed E-state index contributed by atoms with van der Waals surface area (Å²) in [4.78, 5) is 5.26. The highest BCUT2D eigenvalue weighted by Gasteiger charge is 2.43. The van der Waals surface area contributed by atoms with Crippen molar-refractivity contribution in [2.75, 3.05) is 45.9 Å². The minimum Gasteiger partial charge on any atom is -0.466 e. The van der Waals surface area contributed by atoms with E-state index < -0.39 is 0 Å². The molecule has 2 N–H and O–H groups in total. The van der Waals surface area contributed by atoms with Crippen LogP contribution in [0.1, 0.15) is 77.0 Å². The van der Waals surface area contributed by atoms with Crippen LogP contribution in [0.15, 0.2) is 94.6 Å². The number of rotatable bonds is 12. The molecule has 1 saturated heterocycles. The van der Waals surface area contributed by atoms with Crippen LogP contribution >= 0.6 is 0 Å². The van der Waals surface area contributed by atoms with E-state index in [1.54, 1.807) is 0 Å². The van der Waals surface area contributed by atoms with E-state index in [-0.39, 0.29) is 11.5 Å². The lowest BCUT2D eigenvalue weighted by molar-refractivity contribution is 0.0762. The molecule has 41 heavy (non-hydrogen) atoms. The largest absolute Gasteiger partial charge is 0.466 e. The number of ether oxygens (including phenoxy) is 2. The lowest BCUT2D eigenvalue weighted by Crippen LogP contribution is -2.50. The molecule has 1 unspecified atom stereocenters. The van der Waals surface area contributed by atoms with Gasteiger partial charge in [0.2, 0.25) is 0 Å². The quantitative estimate of drug-likeness (QED) is 0.281. The summed E-state index contributed by atoms with van der Waals surface area (Å²) in [6.07, 6.45) is 5.83. The second-order valence-corrected chi connectivity index (χ2v) is 12.4. The molecule has 1 atom stereocenters. The maximum absolute atomic E-state index is 6.83. The van der Waals surface area contributed by atoms with E-state index >= 15 is 0 Å². The molecule has 2 heterocycles. The molecule has 0 spiro atoms. The second kappa shape index (κ2) is 13.4. The fraction of sp³-hybridized carbons (Fsp3) is 0.500. The molecule has 5 nitrogen and oxygen atoms in total. The maximum atomic E-state index is 6.83. The van der Waals surface area contributed by atoms with Gasteiger partial charge in [-0.3, -0.25) is 4.90 Å². The Labute approximate surface area is 247 Å². The Morgan fingerprint density at radius 3 is 2.02 bits per heavy atom. The summed E-state index contributed by atoms with van der Waals surface area (Å²) in [5.74, 6) is 2.01. The van der Waals surface area contributed by atoms with Crippen molar-refractivity contribution in [3.8, 4) is 0 Å². The van der Waals surface area contributed by atoms with Crippen LogP contribution in [0.3, 0.4) is 0 Å². The molecule has 5 heteroatoms. The highest BCUT2D eigenvalue weighted by Crippen LogP contribution is 2.50. The van der Waals surface area contributed by atoms with Crippen LogP contribution in [0.2, 0.25) is 0 Å². The molecule has 1 aliphatic carbocycles. The number of unbranched alkanes of at least 4 members (excludes halogenated alkanes) is 3. The molecule has 2 aliphatic heterocycles. The van der Waals surface area contributed by atoms with Gasteiger partial charge < -0.3 is 20.1 Å². The first kappa shape index (κ1) is 29.6. The lowest BCUT2D eigenvalue weighted by Gasteiger charge is -2.39. The number of nitrogens with two attached hydrogens (primary N) is 1. The summed E-state index contributed by atoms with van der Waals surface area (Å²) in [6.45, 7) is 16.2. The van der Waals surface area contributed by atoms with Crippen molar-refractivity contribution in [1.82, 2.24) is 9.80 Å². The normalized spacial score (nSPS) is 22.1. The summed E-state index contributed by atoms with van der Waals surface area (Å²) in [6, 6.07) is 21.2. The lowest BCUT2D eigenvalue weighted by atomic mass is 9.85. The van der Waals surface area contributed by atoms with Crippen LogP contribution < -0.4 is 5.73 Å². The van der Waals surface area contributed by atoms with E-state index in [2.05, 4.69) is 91.2 Å². The minimum atomic E-state index is -0.0224. The Morgan fingerprint density at radius 1 is 0.805 bits per heavy atom. The average Bonchev–Trinajstić information content (AvgIpc) is 3.25. The molecular formula is C36H49N3O2. The van der Waals surface area contributed by atoms with Crippen molar-refractivity contribution < 1.29 is 9.47 Å². The number of benzene rings is 2. The summed E-state index contributed by atoms with van der Waals surface area (Å²) in [7, 11) is 0. The van der Waals surface area contributed by atoms with Crippen LogP contribution in [-0.4, -0.2) is 55.7 Å². The van der Waals surface area contributed by atoms with Gasteiger partial charge in [0.1, 0.15) is 17.6 Å². The highest BCUT2D eigenvalue weighted by molar-refractivity contribution is 5.58. The summed E-state index contributed by atoms with van der Waals surface area (Å²) >= 11 is 0. The zero-order valence-corrected chi connectivity index (χ0v) is 25.6. The third-order valence-electron chi connectivity index (χ3n) is 9.32. The molecule has 3 aliphatic rings. The van der Waals surface area contributed by atoms with E-state index in [4.69, 9.17) is 15.2 Å². The second-order valence-electron chi connectivity index (χ2n) is 12.4. The van der Waals surface area contributed by atoms with Crippen LogP contribution in [-0.2, 0) is 9.47 Å². The average molecular weight is 556 g/mol.